The third-order valence-electron chi connectivity index (χ3n) is 4.96. The maximum atomic E-state index is 12.9. The summed E-state index contributed by atoms with van der Waals surface area (Å²) in [6.45, 7) is 2.43. The van der Waals surface area contributed by atoms with Crippen LogP contribution in [0.2, 0.25) is 0 Å². The van der Waals surface area contributed by atoms with E-state index in [9.17, 15) is 14.7 Å². The van der Waals surface area contributed by atoms with Crippen molar-refractivity contribution in [3.05, 3.63) is 59.4 Å². The molecule has 1 amide bonds. The van der Waals surface area contributed by atoms with E-state index in [0.29, 0.717) is 29.2 Å². The average Bonchev–Trinajstić information content (AvgIpc) is 3.02. The molecule has 152 valence electrons. The number of benzene rings is 1. The van der Waals surface area contributed by atoms with Crippen molar-refractivity contribution in [1.29, 1.82) is 0 Å². The van der Waals surface area contributed by atoms with Gasteiger partial charge in [-0.25, -0.2) is 0 Å². The average molecular weight is 396 g/mol. The van der Waals surface area contributed by atoms with Gasteiger partial charge in [0.2, 0.25) is 0 Å². The second-order valence-electron chi connectivity index (χ2n) is 6.70. The number of aromatic nitrogens is 1. The molecule has 1 atom stereocenters. The molecule has 1 aliphatic rings. The first-order valence-corrected chi connectivity index (χ1v) is 9.44. The number of rotatable bonds is 7. The molecule has 0 spiro atoms. The van der Waals surface area contributed by atoms with E-state index in [4.69, 9.17) is 9.47 Å². The van der Waals surface area contributed by atoms with Crippen LogP contribution in [-0.2, 0) is 9.59 Å². The van der Waals surface area contributed by atoms with E-state index in [1.54, 1.807) is 42.7 Å². The number of ketones is 1. The van der Waals surface area contributed by atoms with Crippen molar-refractivity contribution in [3.63, 3.8) is 0 Å². The number of hydrogen-bond donors (Lipinski definition) is 1. The third kappa shape index (κ3) is 3.81. The number of ether oxygens (including phenoxy) is 2. The summed E-state index contributed by atoms with van der Waals surface area (Å²) in [5.74, 6) is -0.737. The summed E-state index contributed by atoms with van der Waals surface area (Å²) in [5.41, 5.74) is 1.01. The summed E-state index contributed by atoms with van der Waals surface area (Å²) in [6.07, 6.45) is 4.84. The summed E-state index contributed by atoms with van der Waals surface area (Å²) < 4.78 is 10.6. The van der Waals surface area contributed by atoms with Gasteiger partial charge in [-0.1, -0.05) is 19.4 Å². The van der Waals surface area contributed by atoms with Gasteiger partial charge in [-0.05, 0) is 30.2 Å². The van der Waals surface area contributed by atoms with E-state index < -0.39 is 17.7 Å². The molecule has 2 aromatic rings. The third-order valence-corrected chi connectivity index (χ3v) is 4.96. The molecule has 1 N–H and O–H groups in total. The van der Waals surface area contributed by atoms with E-state index in [1.807, 2.05) is 6.92 Å². The van der Waals surface area contributed by atoms with Crippen LogP contribution in [0, 0.1) is 0 Å². The lowest BCUT2D eigenvalue weighted by Crippen LogP contribution is -2.30. The first kappa shape index (κ1) is 20.4. The highest BCUT2D eigenvalue weighted by Crippen LogP contribution is 2.41. The Morgan fingerprint density at radius 2 is 2.00 bits per heavy atom. The van der Waals surface area contributed by atoms with Crippen LogP contribution in [-0.4, -0.2) is 47.4 Å². The summed E-state index contributed by atoms with van der Waals surface area (Å²) in [5, 5.41) is 11.1. The lowest BCUT2D eigenvalue weighted by molar-refractivity contribution is -0.139. The molecule has 7 heteroatoms. The van der Waals surface area contributed by atoms with Crippen molar-refractivity contribution in [1.82, 2.24) is 9.88 Å². The van der Waals surface area contributed by atoms with Crippen molar-refractivity contribution < 1.29 is 24.2 Å². The fourth-order valence-electron chi connectivity index (χ4n) is 3.46. The van der Waals surface area contributed by atoms with E-state index in [1.165, 1.54) is 19.1 Å². The molecule has 1 aromatic carbocycles. The normalized spacial score (nSPS) is 18.2. The van der Waals surface area contributed by atoms with Gasteiger partial charge in [-0.15, -0.1) is 0 Å². The van der Waals surface area contributed by atoms with Gasteiger partial charge in [0.15, 0.2) is 0 Å². The Bertz CT molecular complexity index is 939. The first-order chi connectivity index (χ1) is 14.0. The second kappa shape index (κ2) is 8.77. The lowest BCUT2D eigenvalue weighted by atomic mass is 9.96. The number of pyridine rings is 1. The molecule has 0 aliphatic carbocycles. The highest BCUT2D eigenvalue weighted by atomic mass is 16.5. The Hall–Kier alpha value is -3.35. The Morgan fingerprint density at radius 1 is 1.21 bits per heavy atom. The van der Waals surface area contributed by atoms with Gasteiger partial charge in [0, 0.05) is 25.0 Å². The van der Waals surface area contributed by atoms with Gasteiger partial charge >= 0.3 is 0 Å². The smallest absolute Gasteiger partial charge is 0.295 e. The quantitative estimate of drug-likeness (QED) is 0.439. The lowest BCUT2D eigenvalue weighted by Gasteiger charge is -2.25. The van der Waals surface area contributed by atoms with Crippen molar-refractivity contribution in [2.45, 2.75) is 25.8 Å². The molecule has 0 bridgehead atoms. The van der Waals surface area contributed by atoms with Gasteiger partial charge in [0.25, 0.3) is 11.7 Å². The van der Waals surface area contributed by atoms with E-state index >= 15 is 0 Å². The molecular weight excluding hydrogens is 372 g/mol. The van der Waals surface area contributed by atoms with Gasteiger partial charge in [-0.2, -0.15) is 0 Å². The van der Waals surface area contributed by atoms with Crippen molar-refractivity contribution in [2.75, 3.05) is 20.8 Å². The second-order valence-corrected chi connectivity index (χ2v) is 6.70. The Labute approximate surface area is 169 Å². The van der Waals surface area contributed by atoms with E-state index in [-0.39, 0.29) is 11.3 Å². The summed E-state index contributed by atoms with van der Waals surface area (Å²) >= 11 is 0. The fraction of sp³-hybridized carbons (Fsp3) is 0.318. The number of amides is 1. The molecule has 1 fully saturated rings. The molecule has 1 aliphatic heterocycles. The minimum Gasteiger partial charge on any atom is -0.507 e. The zero-order valence-corrected chi connectivity index (χ0v) is 16.7. The highest BCUT2D eigenvalue weighted by Gasteiger charge is 2.46. The van der Waals surface area contributed by atoms with Crippen LogP contribution in [0.3, 0.4) is 0 Å². The minimum absolute atomic E-state index is 0.0302. The maximum absolute atomic E-state index is 12.9. The zero-order chi connectivity index (χ0) is 21.0. The van der Waals surface area contributed by atoms with Crippen molar-refractivity contribution in [3.8, 4) is 11.5 Å². The van der Waals surface area contributed by atoms with Gasteiger partial charge in [-0.3, -0.25) is 14.6 Å². The summed E-state index contributed by atoms with van der Waals surface area (Å²) in [7, 11) is 2.99. The molecule has 0 radical (unpaired) electrons. The number of hydrogen-bond acceptors (Lipinski definition) is 6. The van der Waals surface area contributed by atoms with Crippen LogP contribution in [0.25, 0.3) is 5.76 Å². The van der Waals surface area contributed by atoms with E-state index in [2.05, 4.69) is 4.98 Å². The van der Waals surface area contributed by atoms with Gasteiger partial charge in [0.1, 0.15) is 17.3 Å². The molecule has 1 aromatic heterocycles. The number of aliphatic hydroxyl groups is 1. The Kier molecular flexibility index (Phi) is 6.16. The number of methoxy groups -OCH3 is 2. The van der Waals surface area contributed by atoms with Gasteiger partial charge < -0.3 is 19.5 Å². The molecular formula is C22H24N2O5. The van der Waals surface area contributed by atoms with Crippen LogP contribution >= 0.6 is 0 Å². The van der Waals surface area contributed by atoms with Crippen LogP contribution in [0.5, 0.6) is 11.5 Å². The monoisotopic (exact) mass is 396 g/mol. The number of nitrogens with zero attached hydrogens (tertiary/aromatic N) is 2. The van der Waals surface area contributed by atoms with Gasteiger partial charge in [0.05, 0.1) is 31.4 Å². The predicted octanol–water partition coefficient (Wildman–Crippen LogP) is 3.32. The number of aliphatic hydroxyl groups excluding tert-OH is 1. The zero-order valence-electron chi connectivity index (χ0n) is 16.7. The molecule has 1 saturated heterocycles. The SMILES string of the molecule is CCCCN1C(=O)C(=O)/C(=C(\O)c2ccc(OC)cc2OC)C1c1cccnc1. The summed E-state index contributed by atoms with van der Waals surface area (Å²) in [6, 6.07) is 7.70. The molecule has 3 rings (SSSR count). The minimum atomic E-state index is -0.717. The maximum Gasteiger partial charge on any atom is 0.295 e. The Balaban J connectivity index is 2.18. The topological polar surface area (TPSA) is 89.0 Å². The van der Waals surface area contributed by atoms with Crippen molar-refractivity contribution >= 4 is 17.4 Å². The number of unbranched alkanes of at least 4 members (excludes halogenated alkanes) is 1. The number of carbonyl (C=O) groups excluding carboxylic acids is 2. The standard InChI is InChI=1S/C22H24N2O5/c1-4-5-11-24-19(14-7-6-10-23-13-14)18(21(26)22(24)27)20(25)16-9-8-15(28-2)12-17(16)29-3/h6-10,12-13,19,25H,4-5,11H2,1-3H3/b20-18-. The summed E-state index contributed by atoms with van der Waals surface area (Å²) in [4.78, 5) is 31.3. The van der Waals surface area contributed by atoms with Crippen LogP contribution in [0.15, 0.2) is 48.3 Å². The number of carbonyl (C=O) groups is 2. The molecule has 1 unspecified atom stereocenters. The Morgan fingerprint density at radius 3 is 2.62 bits per heavy atom. The first-order valence-electron chi connectivity index (χ1n) is 9.44. The predicted molar refractivity (Wildman–Crippen MR) is 108 cm³/mol. The fourth-order valence-corrected chi connectivity index (χ4v) is 3.46. The van der Waals surface area contributed by atoms with Crippen LogP contribution in [0.1, 0.15) is 36.9 Å². The number of likely N-dealkylation sites (tertiary alicyclic amines) is 1. The number of Topliss-reactive ketones (excluding diaryl/α,β-unsaturated/α-hetero) is 1. The van der Waals surface area contributed by atoms with Crippen molar-refractivity contribution in [2.24, 2.45) is 0 Å². The molecule has 29 heavy (non-hydrogen) atoms. The van der Waals surface area contributed by atoms with Crippen LogP contribution < -0.4 is 9.47 Å². The molecule has 2 heterocycles. The van der Waals surface area contributed by atoms with E-state index in [0.717, 1.165) is 12.8 Å². The highest BCUT2D eigenvalue weighted by molar-refractivity contribution is 6.46. The molecule has 0 saturated carbocycles. The molecule has 7 nitrogen and oxygen atoms in total. The largest absolute Gasteiger partial charge is 0.507 e. The van der Waals surface area contributed by atoms with Crippen LogP contribution in [0.4, 0.5) is 0 Å².